The van der Waals surface area contributed by atoms with Gasteiger partial charge in [-0.2, -0.15) is 5.10 Å². The number of fused-ring (bicyclic) bond motifs is 1. The van der Waals surface area contributed by atoms with Gasteiger partial charge in [-0.15, -0.1) is 11.3 Å². The summed E-state index contributed by atoms with van der Waals surface area (Å²) < 4.78 is 4.41. The van der Waals surface area contributed by atoms with E-state index >= 15 is 0 Å². The summed E-state index contributed by atoms with van der Waals surface area (Å²) in [6.45, 7) is 6.80. The number of thioether (sulfide) groups is 1. The third kappa shape index (κ3) is 2.83. The largest absolute Gasteiger partial charge is 0.287 e. The molecule has 22 heavy (non-hydrogen) atoms. The van der Waals surface area contributed by atoms with E-state index in [1.807, 2.05) is 35.3 Å². The molecule has 0 spiro atoms. The number of rotatable bonds is 5. The van der Waals surface area contributed by atoms with Crippen LogP contribution in [0.4, 0.5) is 0 Å². The summed E-state index contributed by atoms with van der Waals surface area (Å²) in [6, 6.07) is 4.27. The van der Waals surface area contributed by atoms with E-state index in [0.717, 1.165) is 21.1 Å². The highest BCUT2D eigenvalue weighted by atomic mass is 32.2. The van der Waals surface area contributed by atoms with Gasteiger partial charge in [0.25, 0.3) is 5.56 Å². The van der Waals surface area contributed by atoms with E-state index in [2.05, 4.69) is 23.9 Å². The molecule has 0 atom stereocenters. The molecule has 3 aromatic rings. The van der Waals surface area contributed by atoms with Crippen molar-refractivity contribution in [2.45, 2.75) is 44.3 Å². The van der Waals surface area contributed by atoms with E-state index in [4.69, 9.17) is 0 Å². The Morgan fingerprint density at radius 1 is 1.36 bits per heavy atom. The average Bonchev–Trinajstić information content (AvgIpc) is 3.14. The zero-order valence-electron chi connectivity index (χ0n) is 12.8. The molecule has 3 heterocycles. The molecule has 0 aromatic carbocycles. The minimum atomic E-state index is 0.0534. The van der Waals surface area contributed by atoms with Crippen LogP contribution in [0.25, 0.3) is 10.2 Å². The molecule has 3 rings (SSSR count). The highest BCUT2D eigenvalue weighted by molar-refractivity contribution is 7.98. The number of aromatic nitrogens is 4. The molecule has 0 fully saturated rings. The minimum Gasteiger partial charge on any atom is -0.287 e. The summed E-state index contributed by atoms with van der Waals surface area (Å²) in [6.07, 6.45) is 1.99. The Bertz CT molecular complexity index is 847. The summed E-state index contributed by atoms with van der Waals surface area (Å²) in [5.41, 5.74) is 1.84. The molecule has 0 saturated heterocycles. The predicted molar refractivity (Wildman–Crippen MR) is 91.7 cm³/mol. The summed E-state index contributed by atoms with van der Waals surface area (Å²) in [5, 5.41) is 7.21. The zero-order chi connectivity index (χ0) is 15.7. The molecule has 0 bridgehead atoms. The number of nitrogens with zero attached hydrogens (tertiary/aromatic N) is 4. The summed E-state index contributed by atoms with van der Waals surface area (Å²) in [4.78, 5) is 17.1. The topological polar surface area (TPSA) is 52.7 Å². The van der Waals surface area contributed by atoms with Crippen molar-refractivity contribution in [3.05, 3.63) is 39.8 Å². The SMILES string of the molecule is CCn1c(SCc2ccn(C(C)C)n2)nc2ccsc2c1=O. The lowest BCUT2D eigenvalue weighted by atomic mass is 10.4. The maximum absolute atomic E-state index is 12.4. The molecule has 7 heteroatoms. The lowest BCUT2D eigenvalue weighted by molar-refractivity contribution is 0.528. The molecule has 0 N–H and O–H groups in total. The number of hydrogen-bond acceptors (Lipinski definition) is 5. The van der Waals surface area contributed by atoms with Crippen LogP contribution in [0.1, 0.15) is 32.5 Å². The van der Waals surface area contributed by atoms with E-state index in [1.165, 1.54) is 11.3 Å². The third-order valence-corrected chi connectivity index (χ3v) is 5.29. The first-order chi connectivity index (χ1) is 10.6. The van der Waals surface area contributed by atoms with Gasteiger partial charge in [0.05, 0.1) is 11.2 Å². The van der Waals surface area contributed by atoms with Crippen LogP contribution in [0.15, 0.2) is 33.7 Å². The number of thiophene rings is 1. The molecule has 0 aliphatic heterocycles. The van der Waals surface area contributed by atoms with Gasteiger partial charge in [-0.1, -0.05) is 11.8 Å². The van der Waals surface area contributed by atoms with Crippen LogP contribution in [0, 0.1) is 0 Å². The lowest BCUT2D eigenvalue weighted by Crippen LogP contribution is -2.21. The molecule has 116 valence electrons. The first-order valence-electron chi connectivity index (χ1n) is 7.25. The normalized spacial score (nSPS) is 11.6. The second-order valence-corrected chi connectivity index (χ2v) is 7.11. The molecule has 0 aliphatic carbocycles. The molecule has 0 unspecified atom stereocenters. The Balaban J connectivity index is 1.87. The quantitative estimate of drug-likeness (QED) is 0.529. The predicted octanol–water partition coefficient (Wildman–Crippen LogP) is 3.55. The van der Waals surface area contributed by atoms with Crippen molar-refractivity contribution in [1.29, 1.82) is 0 Å². The van der Waals surface area contributed by atoms with E-state index in [1.54, 1.807) is 16.3 Å². The van der Waals surface area contributed by atoms with Gasteiger partial charge in [-0.3, -0.25) is 14.0 Å². The summed E-state index contributed by atoms with van der Waals surface area (Å²) in [5.74, 6) is 0.710. The van der Waals surface area contributed by atoms with Crippen molar-refractivity contribution in [3.8, 4) is 0 Å². The average molecular weight is 334 g/mol. The molecule has 0 aliphatic rings. The Morgan fingerprint density at radius 3 is 2.86 bits per heavy atom. The van der Waals surface area contributed by atoms with Gasteiger partial charge in [-0.25, -0.2) is 4.98 Å². The van der Waals surface area contributed by atoms with Crippen LogP contribution in [-0.4, -0.2) is 19.3 Å². The van der Waals surface area contributed by atoms with Gasteiger partial charge < -0.3 is 0 Å². The van der Waals surface area contributed by atoms with Gasteiger partial charge >= 0.3 is 0 Å². The standard InChI is InChI=1S/C15H18N4OS2/c1-4-18-14(20)13-12(6-8-21-13)16-15(18)22-9-11-5-7-19(17-11)10(2)3/h5-8,10H,4,9H2,1-3H3. The second kappa shape index (κ2) is 6.26. The van der Waals surface area contributed by atoms with Crippen molar-refractivity contribution >= 4 is 33.3 Å². The second-order valence-electron chi connectivity index (χ2n) is 5.25. The monoisotopic (exact) mass is 334 g/mol. The maximum Gasteiger partial charge on any atom is 0.272 e. The summed E-state index contributed by atoms with van der Waals surface area (Å²) >= 11 is 3.02. The first-order valence-corrected chi connectivity index (χ1v) is 9.11. The van der Waals surface area contributed by atoms with Crippen LogP contribution in [0.5, 0.6) is 0 Å². The molecule has 0 amide bonds. The fourth-order valence-corrected chi connectivity index (χ4v) is 3.93. The van der Waals surface area contributed by atoms with E-state index in [0.29, 0.717) is 18.3 Å². The molecular formula is C15H18N4OS2. The van der Waals surface area contributed by atoms with Crippen LogP contribution in [0.3, 0.4) is 0 Å². The summed E-state index contributed by atoms with van der Waals surface area (Å²) in [7, 11) is 0. The van der Waals surface area contributed by atoms with Gasteiger partial charge in [0.1, 0.15) is 4.70 Å². The van der Waals surface area contributed by atoms with Crippen LogP contribution in [0.2, 0.25) is 0 Å². The van der Waals surface area contributed by atoms with Crippen molar-refractivity contribution in [3.63, 3.8) is 0 Å². The Morgan fingerprint density at radius 2 is 2.18 bits per heavy atom. The van der Waals surface area contributed by atoms with Crippen LogP contribution < -0.4 is 5.56 Å². The van der Waals surface area contributed by atoms with Crippen LogP contribution >= 0.6 is 23.1 Å². The van der Waals surface area contributed by atoms with Crippen LogP contribution in [-0.2, 0) is 12.3 Å². The Kier molecular flexibility index (Phi) is 4.35. The van der Waals surface area contributed by atoms with Gasteiger partial charge in [-0.05, 0) is 38.3 Å². The first kappa shape index (κ1) is 15.3. The van der Waals surface area contributed by atoms with Gasteiger partial charge in [0.15, 0.2) is 5.16 Å². The van der Waals surface area contributed by atoms with Crippen molar-refractivity contribution in [2.75, 3.05) is 0 Å². The zero-order valence-corrected chi connectivity index (χ0v) is 14.4. The molecule has 3 aromatic heterocycles. The fraction of sp³-hybridized carbons (Fsp3) is 0.400. The lowest BCUT2D eigenvalue weighted by Gasteiger charge is -2.09. The fourth-order valence-electron chi connectivity index (χ4n) is 2.19. The van der Waals surface area contributed by atoms with Crippen molar-refractivity contribution in [2.24, 2.45) is 0 Å². The maximum atomic E-state index is 12.4. The molecule has 0 radical (unpaired) electrons. The highest BCUT2D eigenvalue weighted by Crippen LogP contribution is 2.23. The molecule has 5 nitrogen and oxygen atoms in total. The van der Waals surface area contributed by atoms with E-state index in [-0.39, 0.29) is 5.56 Å². The third-order valence-electron chi connectivity index (χ3n) is 3.39. The highest BCUT2D eigenvalue weighted by Gasteiger charge is 2.12. The van der Waals surface area contributed by atoms with Gasteiger partial charge in [0.2, 0.25) is 0 Å². The van der Waals surface area contributed by atoms with E-state index in [9.17, 15) is 4.79 Å². The van der Waals surface area contributed by atoms with Crippen molar-refractivity contribution in [1.82, 2.24) is 19.3 Å². The number of hydrogen-bond donors (Lipinski definition) is 0. The van der Waals surface area contributed by atoms with E-state index < -0.39 is 0 Å². The van der Waals surface area contributed by atoms with Gasteiger partial charge in [0, 0.05) is 24.5 Å². The van der Waals surface area contributed by atoms with Crippen molar-refractivity contribution < 1.29 is 0 Å². The molecule has 0 saturated carbocycles. The Labute approximate surface area is 137 Å². The Hall–Kier alpha value is -1.60. The smallest absolute Gasteiger partial charge is 0.272 e. The minimum absolute atomic E-state index is 0.0534. The molecular weight excluding hydrogens is 316 g/mol.